The minimum absolute atomic E-state index is 0.111. The van der Waals surface area contributed by atoms with Crippen molar-refractivity contribution in [3.8, 4) is 23.0 Å². The van der Waals surface area contributed by atoms with Crippen molar-refractivity contribution in [1.82, 2.24) is 0 Å². The molecule has 0 saturated carbocycles. The molecular weight excluding hydrogens is 408 g/mol. The summed E-state index contributed by atoms with van der Waals surface area (Å²) in [6.07, 6.45) is 0. The van der Waals surface area contributed by atoms with Crippen LogP contribution in [0.3, 0.4) is 0 Å². The van der Waals surface area contributed by atoms with Gasteiger partial charge >= 0.3 is 0 Å². The van der Waals surface area contributed by atoms with Crippen LogP contribution in [0.15, 0.2) is 66.7 Å². The van der Waals surface area contributed by atoms with Gasteiger partial charge in [-0.25, -0.2) is 0 Å². The molecule has 1 N–H and O–H groups in total. The smallest absolute Gasteiger partial charge is 0.262 e. The van der Waals surface area contributed by atoms with Crippen LogP contribution in [-0.4, -0.2) is 31.6 Å². The number of hydrogen-bond donors (Lipinski definition) is 1. The predicted octanol–water partition coefficient (Wildman–Crippen LogP) is 4.87. The first-order valence-corrected chi connectivity index (χ1v) is 10.3. The highest BCUT2D eigenvalue weighted by Gasteiger charge is 2.30. The Bertz CT molecular complexity index is 1140. The molecule has 32 heavy (non-hydrogen) atoms. The van der Waals surface area contributed by atoms with Gasteiger partial charge in [0.15, 0.2) is 12.4 Å². The topological polar surface area (TPSA) is 77.1 Å². The molecule has 7 heteroatoms. The largest absolute Gasteiger partial charge is 0.497 e. The molecule has 4 rings (SSSR count). The quantitative estimate of drug-likeness (QED) is 0.601. The molecule has 164 valence electrons. The van der Waals surface area contributed by atoms with Crippen LogP contribution < -0.4 is 24.4 Å². The Kier molecular flexibility index (Phi) is 5.98. The number of amides is 2. The monoisotopic (exact) mass is 432 g/mol. The van der Waals surface area contributed by atoms with Crippen molar-refractivity contribution in [2.45, 2.75) is 19.9 Å². The number of methoxy groups -OCH3 is 1. The zero-order valence-corrected chi connectivity index (χ0v) is 18.1. The number of nitrogens with one attached hydrogen (secondary N) is 1. The van der Waals surface area contributed by atoms with Crippen LogP contribution >= 0.6 is 0 Å². The number of para-hydroxylation sites is 1. The van der Waals surface area contributed by atoms with Gasteiger partial charge in [-0.2, -0.15) is 0 Å². The molecule has 0 spiro atoms. The highest BCUT2D eigenvalue weighted by atomic mass is 16.5. The maximum Gasteiger partial charge on any atom is 0.262 e. The fourth-order valence-electron chi connectivity index (χ4n) is 3.49. The van der Waals surface area contributed by atoms with E-state index in [4.69, 9.17) is 14.2 Å². The van der Waals surface area contributed by atoms with Crippen LogP contribution in [0.25, 0.3) is 0 Å². The summed E-state index contributed by atoms with van der Waals surface area (Å²) in [5.74, 6) is 1.85. The average Bonchev–Trinajstić information content (AvgIpc) is 2.91. The van der Waals surface area contributed by atoms with Crippen molar-refractivity contribution >= 4 is 23.2 Å². The summed E-state index contributed by atoms with van der Waals surface area (Å²) in [6.45, 7) is 3.71. The minimum Gasteiger partial charge on any atom is -0.497 e. The molecule has 0 radical (unpaired) electrons. The lowest BCUT2D eigenvalue weighted by atomic mass is 10.1. The van der Waals surface area contributed by atoms with E-state index in [0.717, 1.165) is 0 Å². The number of rotatable bonds is 6. The maximum atomic E-state index is 13.2. The zero-order valence-electron chi connectivity index (χ0n) is 18.1. The number of fused-ring (bicyclic) bond motifs is 2. The number of ether oxygens (including phenoxy) is 3. The first-order valence-electron chi connectivity index (χ1n) is 10.3. The Hall–Kier alpha value is -4.00. The highest BCUT2D eigenvalue weighted by molar-refractivity contribution is 6.10. The fraction of sp³-hybridized carbons (Fsp3) is 0.200. The van der Waals surface area contributed by atoms with Crippen molar-refractivity contribution in [2.24, 2.45) is 0 Å². The third kappa shape index (κ3) is 4.37. The van der Waals surface area contributed by atoms with Crippen LogP contribution in [-0.2, 0) is 4.79 Å². The predicted molar refractivity (Wildman–Crippen MR) is 122 cm³/mol. The van der Waals surface area contributed by atoms with Gasteiger partial charge in [-0.15, -0.1) is 0 Å². The normalized spacial score (nSPS) is 12.4. The fourth-order valence-corrected chi connectivity index (χ4v) is 3.49. The summed E-state index contributed by atoms with van der Waals surface area (Å²) in [7, 11) is 1.58. The summed E-state index contributed by atoms with van der Waals surface area (Å²) in [4.78, 5) is 27.3. The Morgan fingerprint density at radius 1 is 1.00 bits per heavy atom. The van der Waals surface area contributed by atoms with Crippen molar-refractivity contribution in [2.75, 3.05) is 23.9 Å². The van der Waals surface area contributed by atoms with Crippen LogP contribution in [0.2, 0.25) is 0 Å². The molecule has 1 aliphatic heterocycles. The van der Waals surface area contributed by atoms with E-state index < -0.39 is 0 Å². The van der Waals surface area contributed by atoms with Gasteiger partial charge in [0.05, 0.1) is 18.4 Å². The van der Waals surface area contributed by atoms with E-state index in [1.54, 1.807) is 66.6 Å². The van der Waals surface area contributed by atoms with Gasteiger partial charge in [-0.05, 0) is 68.4 Å². The molecule has 1 heterocycles. The average molecular weight is 432 g/mol. The number of carbonyl (C=O) groups excluding carboxylic acids is 2. The van der Waals surface area contributed by atoms with Gasteiger partial charge < -0.3 is 24.4 Å². The van der Waals surface area contributed by atoms with Crippen LogP contribution in [0, 0.1) is 0 Å². The van der Waals surface area contributed by atoms with Gasteiger partial charge in [-0.1, -0.05) is 12.1 Å². The third-order valence-corrected chi connectivity index (χ3v) is 5.00. The van der Waals surface area contributed by atoms with E-state index in [1.807, 2.05) is 26.0 Å². The molecule has 2 amide bonds. The third-order valence-electron chi connectivity index (χ3n) is 5.00. The van der Waals surface area contributed by atoms with Crippen molar-refractivity contribution < 1.29 is 23.8 Å². The van der Waals surface area contributed by atoms with E-state index in [0.29, 0.717) is 39.9 Å². The first kappa shape index (κ1) is 21.2. The number of hydrogen-bond acceptors (Lipinski definition) is 5. The lowest BCUT2D eigenvalue weighted by molar-refractivity contribution is -0.118. The molecule has 7 nitrogen and oxygen atoms in total. The molecule has 0 atom stereocenters. The minimum atomic E-state index is -0.319. The summed E-state index contributed by atoms with van der Waals surface area (Å²) in [5.41, 5.74) is 1.63. The Morgan fingerprint density at radius 2 is 1.72 bits per heavy atom. The van der Waals surface area contributed by atoms with E-state index in [9.17, 15) is 9.59 Å². The van der Waals surface area contributed by atoms with Crippen molar-refractivity contribution in [3.05, 3.63) is 72.3 Å². The van der Waals surface area contributed by atoms with Gasteiger partial charge in [0.25, 0.3) is 11.8 Å². The van der Waals surface area contributed by atoms with Crippen molar-refractivity contribution in [1.29, 1.82) is 0 Å². The van der Waals surface area contributed by atoms with E-state index in [1.165, 1.54) is 0 Å². The van der Waals surface area contributed by atoms with Gasteiger partial charge in [0.2, 0.25) is 0 Å². The van der Waals surface area contributed by atoms with Crippen LogP contribution in [0.4, 0.5) is 11.4 Å². The molecule has 0 aliphatic carbocycles. The van der Waals surface area contributed by atoms with E-state index in [-0.39, 0.29) is 24.5 Å². The first-order chi connectivity index (χ1) is 15.5. The van der Waals surface area contributed by atoms with Gasteiger partial charge in [-0.3, -0.25) is 9.59 Å². The zero-order chi connectivity index (χ0) is 22.7. The molecule has 3 aromatic carbocycles. The molecule has 0 aromatic heterocycles. The molecule has 0 unspecified atom stereocenters. The number of carbonyl (C=O) groups is 2. The van der Waals surface area contributed by atoms with E-state index in [2.05, 4.69) is 5.32 Å². The second-order valence-corrected chi connectivity index (χ2v) is 7.56. The second-order valence-electron chi connectivity index (χ2n) is 7.56. The number of benzene rings is 3. The van der Waals surface area contributed by atoms with Crippen LogP contribution in [0.1, 0.15) is 24.2 Å². The molecule has 0 bridgehead atoms. The lowest BCUT2D eigenvalue weighted by Crippen LogP contribution is -2.36. The Morgan fingerprint density at radius 3 is 2.44 bits per heavy atom. The van der Waals surface area contributed by atoms with Crippen LogP contribution in [0.5, 0.6) is 23.0 Å². The Labute approximate surface area is 186 Å². The van der Waals surface area contributed by atoms with Crippen molar-refractivity contribution in [3.63, 3.8) is 0 Å². The van der Waals surface area contributed by atoms with E-state index >= 15 is 0 Å². The molecule has 1 aliphatic rings. The molecule has 3 aromatic rings. The van der Waals surface area contributed by atoms with Gasteiger partial charge in [0, 0.05) is 11.7 Å². The lowest BCUT2D eigenvalue weighted by Gasteiger charge is -2.26. The van der Waals surface area contributed by atoms with Gasteiger partial charge in [0.1, 0.15) is 17.2 Å². The maximum absolute atomic E-state index is 13.2. The summed E-state index contributed by atoms with van der Waals surface area (Å²) in [5, 5.41) is 2.82. The standard InChI is InChI=1S/C25H24N2O5/c1-16(2)27-21-14-17(26-24(28)15-31-19-11-9-18(30-3)10-12-19)8-13-23(21)32-22-7-5-4-6-20(22)25(27)29/h4-14,16H,15H2,1-3H3,(H,26,28). The SMILES string of the molecule is COc1ccc(OCC(=O)Nc2ccc3c(c2)N(C(C)C)C(=O)c2ccccc2O3)cc1. The second kappa shape index (κ2) is 9.01. The summed E-state index contributed by atoms with van der Waals surface area (Å²) < 4.78 is 16.7. The molecule has 0 fully saturated rings. The number of nitrogens with zero attached hydrogens (tertiary/aromatic N) is 1. The summed E-state index contributed by atoms with van der Waals surface area (Å²) >= 11 is 0. The summed E-state index contributed by atoms with van der Waals surface area (Å²) in [6, 6.07) is 19.3. The highest BCUT2D eigenvalue weighted by Crippen LogP contribution is 2.41. The number of anilines is 2. The Balaban J connectivity index is 1.52. The molecular formula is C25H24N2O5. The molecule has 0 saturated heterocycles.